The summed E-state index contributed by atoms with van der Waals surface area (Å²) in [4.78, 5) is 3.06. The molecule has 2 heteroatoms. The van der Waals surface area contributed by atoms with Gasteiger partial charge in [0, 0.05) is 6.20 Å². The van der Waals surface area contributed by atoms with Crippen LogP contribution in [0.4, 0.5) is 0 Å². The second-order valence-corrected chi connectivity index (χ2v) is 3.48. The van der Waals surface area contributed by atoms with Crippen LogP contribution in [0.2, 0.25) is 0 Å². The Balaban J connectivity index is 2.49. The molecule has 0 aliphatic heterocycles. The van der Waals surface area contributed by atoms with E-state index in [1.54, 1.807) is 0 Å². The van der Waals surface area contributed by atoms with Gasteiger partial charge in [0.2, 0.25) is 0 Å². The van der Waals surface area contributed by atoms with Gasteiger partial charge in [-0.15, -0.1) is 0 Å². The highest BCUT2D eigenvalue weighted by Crippen LogP contribution is 2.17. The van der Waals surface area contributed by atoms with Crippen LogP contribution in [0.25, 0.3) is 0 Å². The molecule has 1 rings (SSSR count). The van der Waals surface area contributed by atoms with Gasteiger partial charge < -0.3 is 9.72 Å². The van der Waals surface area contributed by atoms with E-state index in [2.05, 4.69) is 25.8 Å². The van der Waals surface area contributed by atoms with Crippen molar-refractivity contribution in [1.82, 2.24) is 4.98 Å². The van der Waals surface area contributed by atoms with Crippen LogP contribution < -0.4 is 4.74 Å². The van der Waals surface area contributed by atoms with Gasteiger partial charge in [-0.05, 0) is 24.5 Å². The van der Waals surface area contributed by atoms with Crippen molar-refractivity contribution in [3.63, 3.8) is 0 Å². The van der Waals surface area contributed by atoms with Crippen molar-refractivity contribution in [2.75, 3.05) is 0 Å². The fourth-order valence-corrected chi connectivity index (χ4v) is 1.42. The van der Waals surface area contributed by atoms with Crippen LogP contribution in [-0.2, 0) is 0 Å². The molecule has 0 saturated carbocycles. The number of rotatable bonds is 5. The van der Waals surface area contributed by atoms with Gasteiger partial charge in [-0.3, -0.25) is 0 Å². The SMILES string of the molecule is CCC(C)C(CC)Oc1ccc[nH]1. The van der Waals surface area contributed by atoms with Gasteiger partial charge in [0.05, 0.1) is 0 Å². The Kier molecular flexibility index (Phi) is 3.87. The predicted octanol–water partition coefficient (Wildman–Crippen LogP) is 3.22. The summed E-state index contributed by atoms with van der Waals surface area (Å²) >= 11 is 0. The Morgan fingerprint density at radius 2 is 2.15 bits per heavy atom. The van der Waals surface area contributed by atoms with Crippen molar-refractivity contribution in [3.05, 3.63) is 18.3 Å². The zero-order valence-electron chi connectivity index (χ0n) is 8.71. The maximum atomic E-state index is 5.80. The minimum Gasteiger partial charge on any atom is -0.475 e. The van der Waals surface area contributed by atoms with E-state index in [0.29, 0.717) is 12.0 Å². The molecule has 1 N–H and O–H groups in total. The minimum absolute atomic E-state index is 0.337. The number of aromatic amines is 1. The van der Waals surface area contributed by atoms with E-state index in [1.165, 1.54) is 6.42 Å². The molecule has 1 heterocycles. The molecule has 0 bridgehead atoms. The van der Waals surface area contributed by atoms with E-state index in [-0.39, 0.29) is 0 Å². The molecular weight excluding hydrogens is 162 g/mol. The normalized spacial score (nSPS) is 15.3. The van der Waals surface area contributed by atoms with E-state index in [4.69, 9.17) is 4.74 Å². The van der Waals surface area contributed by atoms with Crippen molar-refractivity contribution in [2.45, 2.75) is 39.7 Å². The zero-order chi connectivity index (χ0) is 9.68. The standard InChI is InChI=1S/C11H19NO/c1-4-9(3)10(5-2)13-11-7-6-8-12-11/h6-10,12H,4-5H2,1-3H3. The summed E-state index contributed by atoms with van der Waals surface area (Å²) in [6, 6.07) is 3.92. The first-order valence-corrected chi connectivity index (χ1v) is 5.08. The molecule has 0 aliphatic rings. The van der Waals surface area contributed by atoms with Crippen LogP contribution >= 0.6 is 0 Å². The molecule has 0 amide bonds. The van der Waals surface area contributed by atoms with Gasteiger partial charge in [0.25, 0.3) is 0 Å². The van der Waals surface area contributed by atoms with E-state index >= 15 is 0 Å². The maximum absolute atomic E-state index is 5.80. The number of hydrogen-bond donors (Lipinski definition) is 1. The molecule has 1 aromatic heterocycles. The third-order valence-electron chi connectivity index (χ3n) is 2.53. The topological polar surface area (TPSA) is 25.0 Å². The van der Waals surface area contributed by atoms with Gasteiger partial charge >= 0.3 is 0 Å². The molecule has 0 radical (unpaired) electrons. The molecule has 2 nitrogen and oxygen atoms in total. The molecule has 1 aromatic rings. The van der Waals surface area contributed by atoms with E-state index in [0.717, 1.165) is 12.3 Å². The largest absolute Gasteiger partial charge is 0.475 e. The first-order chi connectivity index (χ1) is 6.27. The first kappa shape index (κ1) is 10.2. The van der Waals surface area contributed by atoms with Gasteiger partial charge in [0.15, 0.2) is 5.88 Å². The summed E-state index contributed by atoms with van der Waals surface area (Å²) in [6.45, 7) is 6.60. The highest BCUT2D eigenvalue weighted by molar-refractivity contribution is 5.10. The summed E-state index contributed by atoms with van der Waals surface area (Å²) in [5.74, 6) is 1.50. The monoisotopic (exact) mass is 181 g/mol. The lowest BCUT2D eigenvalue weighted by Crippen LogP contribution is -2.23. The third-order valence-corrected chi connectivity index (χ3v) is 2.53. The lowest BCUT2D eigenvalue weighted by atomic mass is 10.00. The lowest BCUT2D eigenvalue weighted by molar-refractivity contribution is 0.130. The second kappa shape index (κ2) is 4.95. The Labute approximate surface area is 80.3 Å². The summed E-state index contributed by atoms with van der Waals surface area (Å²) in [6.07, 6.45) is 4.45. The smallest absolute Gasteiger partial charge is 0.190 e. The average molecular weight is 181 g/mol. The van der Waals surface area contributed by atoms with Crippen molar-refractivity contribution < 1.29 is 4.74 Å². The average Bonchev–Trinajstić information content (AvgIpc) is 2.65. The fraction of sp³-hybridized carbons (Fsp3) is 0.636. The quantitative estimate of drug-likeness (QED) is 0.741. The molecule has 0 spiro atoms. The van der Waals surface area contributed by atoms with E-state index in [9.17, 15) is 0 Å². The summed E-state index contributed by atoms with van der Waals surface area (Å²) in [7, 11) is 0. The van der Waals surface area contributed by atoms with E-state index < -0.39 is 0 Å². The highest BCUT2D eigenvalue weighted by Gasteiger charge is 2.15. The molecule has 2 atom stereocenters. The summed E-state index contributed by atoms with van der Waals surface area (Å²) < 4.78 is 5.80. The van der Waals surface area contributed by atoms with Gasteiger partial charge in [0.1, 0.15) is 6.10 Å². The van der Waals surface area contributed by atoms with Crippen LogP contribution in [0.3, 0.4) is 0 Å². The summed E-state index contributed by atoms with van der Waals surface area (Å²) in [5.41, 5.74) is 0. The zero-order valence-corrected chi connectivity index (χ0v) is 8.71. The van der Waals surface area contributed by atoms with Crippen molar-refractivity contribution >= 4 is 0 Å². The number of ether oxygens (including phenoxy) is 1. The number of aromatic nitrogens is 1. The molecule has 0 fully saturated rings. The van der Waals surface area contributed by atoms with Crippen LogP contribution in [0.15, 0.2) is 18.3 Å². The minimum atomic E-state index is 0.337. The molecule has 2 unspecified atom stereocenters. The lowest BCUT2D eigenvalue weighted by Gasteiger charge is -2.21. The molecule has 0 aliphatic carbocycles. The third kappa shape index (κ3) is 2.79. The van der Waals surface area contributed by atoms with Gasteiger partial charge in [-0.1, -0.05) is 27.2 Å². The molecule has 13 heavy (non-hydrogen) atoms. The number of hydrogen-bond acceptors (Lipinski definition) is 1. The predicted molar refractivity (Wildman–Crippen MR) is 55.0 cm³/mol. The van der Waals surface area contributed by atoms with Crippen molar-refractivity contribution in [3.8, 4) is 5.88 Å². The van der Waals surface area contributed by atoms with Crippen LogP contribution in [0, 0.1) is 5.92 Å². The van der Waals surface area contributed by atoms with Gasteiger partial charge in [-0.2, -0.15) is 0 Å². The molecule has 0 saturated heterocycles. The van der Waals surface area contributed by atoms with Gasteiger partial charge in [-0.25, -0.2) is 0 Å². The summed E-state index contributed by atoms with van der Waals surface area (Å²) in [5, 5.41) is 0. The molecule has 0 aromatic carbocycles. The van der Waals surface area contributed by atoms with Crippen molar-refractivity contribution in [2.24, 2.45) is 5.92 Å². The Morgan fingerprint density at radius 3 is 2.62 bits per heavy atom. The fourth-order valence-electron chi connectivity index (χ4n) is 1.42. The highest BCUT2D eigenvalue weighted by atomic mass is 16.5. The van der Waals surface area contributed by atoms with Crippen LogP contribution in [0.1, 0.15) is 33.6 Å². The van der Waals surface area contributed by atoms with E-state index in [1.807, 2.05) is 18.3 Å². The number of nitrogens with one attached hydrogen (secondary N) is 1. The van der Waals surface area contributed by atoms with Crippen molar-refractivity contribution in [1.29, 1.82) is 0 Å². The number of H-pyrrole nitrogens is 1. The Bertz CT molecular complexity index is 218. The maximum Gasteiger partial charge on any atom is 0.190 e. The molecule has 74 valence electrons. The Hall–Kier alpha value is -0.920. The first-order valence-electron chi connectivity index (χ1n) is 5.08. The molecular formula is C11H19NO. The van der Waals surface area contributed by atoms with Crippen LogP contribution in [0.5, 0.6) is 5.88 Å². The van der Waals surface area contributed by atoms with Crippen LogP contribution in [-0.4, -0.2) is 11.1 Å². The second-order valence-electron chi connectivity index (χ2n) is 3.48. The Morgan fingerprint density at radius 1 is 1.38 bits per heavy atom.